The fraction of sp³-hybridized carbons (Fsp3) is 0.250. The van der Waals surface area contributed by atoms with Gasteiger partial charge in [-0.3, -0.25) is 14.7 Å². The summed E-state index contributed by atoms with van der Waals surface area (Å²) < 4.78 is 26.5. The minimum absolute atomic E-state index is 0.123. The van der Waals surface area contributed by atoms with Gasteiger partial charge in [0.1, 0.15) is 5.82 Å². The van der Waals surface area contributed by atoms with Crippen molar-refractivity contribution < 1.29 is 8.78 Å². The highest BCUT2D eigenvalue weighted by atomic mass is 19.2. The van der Waals surface area contributed by atoms with Crippen LogP contribution in [-0.2, 0) is 6.54 Å². The zero-order valence-corrected chi connectivity index (χ0v) is 14.5. The van der Waals surface area contributed by atoms with Crippen molar-refractivity contribution in [3.05, 3.63) is 82.0 Å². The van der Waals surface area contributed by atoms with E-state index in [4.69, 9.17) is 0 Å². The lowest BCUT2D eigenvalue weighted by Crippen LogP contribution is -2.21. The van der Waals surface area contributed by atoms with Crippen molar-refractivity contribution in [3.8, 4) is 11.4 Å². The summed E-state index contributed by atoms with van der Waals surface area (Å²) in [6, 6.07) is 9.11. The highest BCUT2D eigenvalue weighted by molar-refractivity contribution is 5.53. The Balaban J connectivity index is 1.51. The number of pyridine rings is 1. The first-order valence-electron chi connectivity index (χ1n) is 8.76. The van der Waals surface area contributed by atoms with Gasteiger partial charge in [-0.15, -0.1) is 0 Å². The molecule has 0 radical (unpaired) electrons. The summed E-state index contributed by atoms with van der Waals surface area (Å²) in [7, 11) is 0. The predicted octanol–water partition coefficient (Wildman–Crippen LogP) is 3.10. The van der Waals surface area contributed by atoms with E-state index in [9.17, 15) is 13.6 Å². The normalized spacial score (nSPS) is 17.3. The molecule has 5 nitrogen and oxygen atoms in total. The molecule has 138 valence electrons. The summed E-state index contributed by atoms with van der Waals surface area (Å²) in [6.07, 6.45) is 4.16. The van der Waals surface area contributed by atoms with Gasteiger partial charge in [-0.05, 0) is 42.8 Å². The van der Waals surface area contributed by atoms with E-state index in [0.29, 0.717) is 18.9 Å². The first-order chi connectivity index (χ1) is 13.1. The van der Waals surface area contributed by atoms with Gasteiger partial charge in [0.25, 0.3) is 5.56 Å². The van der Waals surface area contributed by atoms with Crippen molar-refractivity contribution in [2.24, 2.45) is 0 Å². The van der Waals surface area contributed by atoms with Crippen LogP contribution in [0.3, 0.4) is 0 Å². The quantitative estimate of drug-likeness (QED) is 0.769. The van der Waals surface area contributed by atoms with Gasteiger partial charge in [0, 0.05) is 43.0 Å². The Bertz CT molecular complexity index is 1010. The number of rotatable bonds is 4. The lowest BCUT2D eigenvalue weighted by molar-refractivity contribution is 0.325. The Morgan fingerprint density at radius 1 is 1.11 bits per heavy atom. The number of hydrogen-bond acceptors (Lipinski definition) is 4. The van der Waals surface area contributed by atoms with Gasteiger partial charge in [-0.2, -0.15) is 0 Å². The number of likely N-dealkylation sites (tertiary alicyclic amines) is 1. The topological polar surface area (TPSA) is 61.9 Å². The van der Waals surface area contributed by atoms with E-state index in [1.807, 2.05) is 0 Å². The molecule has 0 amide bonds. The molecule has 2 aromatic heterocycles. The number of H-pyrrole nitrogens is 1. The average Bonchev–Trinajstić information content (AvgIpc) is 3.13. The summed E-state index contributed by atoms with van der Waals surface area (Å²) in [5, 5.41) is 0. The molecule has 7 heteroatoms. The molecule has 1 N–H and O–H groups in total. The molecule has 1 saturated heterocycles. The van der Waals surface area contributed by atoms with Gasteiger partial charge >= 0.3 is 0 Å². The number of halogens is 2. The van der Waals surface area contributed by atoms with Crippen LogP contribution in [0.4, 0.5) is 8.78 Å². The molecular formula is C20H18F2N4O. The van der Waals surface area contributed by atoms with Crippen LogP contribution >= 0.6 is 0 Å². The maximum Gasteiger partial charge on any atom is 0.251 e. The smallest absolute Gasteiger partial charge is 0.251 e. The molecule has 1 unspecified atom stereocenters. The van der Waals surface area contributed by atoms with Crippen LogP contribution in [0.2, 0.25) is 0 Å². The second-order valence-electron chi connectivity index (χ2n) is 6.72. The molecule has 0 spiro atoms. The van der Waals surface area contributed by atoms with Gasteiger partial charge < -0.3 is 4.98 Å². The lowest BCUT2D eigenvalue weighted by Gasteiger charge is -2.16. The number of aromatic amines is 1. The number of nitrogens with one attached hydrogen (secondary N) is 1. The second-order valence-corrected chi connectivity index (χ2v) is 6.72. The van der Waals surface area contributed by atoms with Crippen LogP contribution in [0.15, 0.2) is 53.6 Å². The van der Waals surface area contributed by atoms with Crippen LogP contribution in [0.25, 0.3) is 11.4 Å². The fourth-order valence-electron chi connectivity index (χ4n) is 3.45. The molecule has 3 aromatic rings. The maximum atomic E-state index is 13.4. The Kier molecular flexibility index (Phi) is 4.77. The molecule has 3 heterocycles. The minimum atomic E-state index is -0.839. The van der Waals surface area contributed by atoms with Gasteiger partial charge in [0.05, 0.1) is 5.69 Å². The SMILES string of the molecule is O=c1cc(C2CCN(Cc3ccc(F)c(F)c3)C2)nc(-c2ccncc2)[nH]1. The molecule has 0 aliphatic carbocycles. The van der Waals surface area contributed by atoms with E-state index in [2.05, 4.69) is 19.9 Å². The molecule has 4 rings (SSSR count). The van der Waals surface area contributed by atoms with Crippen LogP contribution in [0, 0.1) is 11.6 Å². The Hall–Kier alpha value is -2.93. The van der Waals surface area contributed by atoms with Crippen molar-refractivity contribution in [2.45, 2.75) is 18.9 Å². The van der Waals surface area contributed by atoms with Crippen LogP contribution in [0.5, 0.6) is 0 Å². The lowest BCUT2D eigenvalue weighted by atomic mass is 10.0. The van der Waals surface area contributed by atoms with Gasteiger partial charge in [0.15, 0.2) is 11.6 Å². The zero-order valence-electron chi connectivity index (χ0n) is 14.5. The predicted molar refractivity (Wildman–Crippen MR) is 97.1 cm³/mol. The standard InChI is InChI=1S/C20H18F2N4O/c21-16-2-1-13(9-17(16)22)11-26-8-5-15(12-26)18-10-19(27)25-20(24-18)14-3-6-23-7-4-14/h1-4,6-7,9-10,15H,5,8,11-12H2,(H,24,25,27). The molecule has 1 aromatic carbocycles. The Morgan fingerprint density at radius 2 is 1.93 bits per heavy atom. The average molecular weight is 368 g/mol. The van der Waals surface area contributed by atoms with E-state index in [1.165, 1.54) is 12.1 Å². The third-order valence-electron chi connectivity index (χ3n) is 4.80. The largest absolute Gasteiger partial charge is 0.307 e. The number of nitrogens with zero attached hydrogens (tertiary/aromatic N) is 3. The monoisotopic (exact) mass is 368 g/mol. The van der Waals surface area contributed by atoms with Crippen molar-refractivity contribution in [3.63, 3.8) is 0 Å². The van der Waals surface area contributed by atoms with Crippen molar-refractivity contribution in [1.82, 2.24) is 19.9 Å². The fourth-order valence-corrected chi connectivity index (χ4v) is 3.45. The van der Waals surface area contributed by atoms with E-state index < -0.39 is 11.6 Å². The molecule has 1 aliphatic heterocycles. The summed E-state index contributed by atoms with van der Waals surface area (Å²) in [5.74, 6) is -1.02. The first kappa shape index (κ1) is 17.5. The van der Waals surface area contributed by atoms with E-state index in [1.54, 1.807) is 30.6 Å². The van der Waals surface area contributed by atoms with Gasteiger partial charge in [-0.25, -0.2) is 13.8 Å². The molecular weight excluding hydrogens is 350 g/mol. The van der Waals surface area contributed by atoms with Crippen molar-refractivity contribution in [1.29, 1.82) is 0 Å². The van der Waals surface area contributed by atoms with E-state index in [0.717, 1.165) is 35.9 Å². The Labute approximate surface area is 154 Å². The summed E-state index contributed by atoms with van der Waals surface area (Å²) in [4.78, 5) is 25.6. The number of aromatic nitrogens is 3. The van der Waals surface area contributed by atoms with Gasteiger partial charge in [-0.1, -0.05) is 6.07 Å². The number of benzene rings is 1. The van der Waals surface area contributed by atoms with E-state index >= 15 is 0 Å². The van der Waals surface area contributed by atoms with E-state index in [-0.39, 0.29) is 11.5 Å². The first-order valence-corrected chi connectivity index (χ1v) is 8.76. The highest BCUT2D eigenvalue weighted by Gasteiger charge is 2.26. The second kappa shape index (κ2) is 7.36. The highest BCUT2D eigenvalue weighted by Crippen LogP contribution is 2.27. The molecule has 0 bridgehead atoms. The molecule has 27 heavy (non-hydrogen) atoms. The van der Waals surface area contributed by atoms with Crippen LogP contribution in [0.1, 0.15) is 23.6 Å². The zero-order chi connectivity index (χ0) is 18.8. The molecule has 1 aliphatic rings. The number of hydrogen-bond donors (Lipinski definition) is 1. The van der Waals surface area contributed by atoms with Crippen molar-refractivity contribution >= 4 is 0 Å². The van der Waals surface area contributed by atoms with Crippen molar-refractivity contribution in [2.75, 3.05) is 13.1 Å². The van der Waals surface area contributed by atoms with Crippen LogP contribution < -0.4 is 5.56 Å². The molecule has 1 fully saturated rings. The third-order valence-corrected chi connectivity index (χ3v) is 4.80. The summed E-state index contributed by atoms with van der Waals surface area (Å²) >= 11 is 0. The summed E-state index contributed by atoms with van der Waals surface area (Å²) in [5.41, 5.74) is 2.09. The molecule has 1 atom stereocenters. The van der Waals surface area contributed by atoms with Gasteiger partial charge in [0.2, 0.25) is 0 Å². The van der Waals surface area contributed by atoms with Crippen LogP contribution in [-0.4, -0.2) is 32.9 Å². The minimum Gasteiger partial charge on any atom is -0.307 e. The Morgan fingerprint density at radius 3 is 2.70 bits per heavy atom. The third kappa shape index (κ3) is 3.93. The summed E-state index contributed by atoms with van der Waals surface area (Å²) in [6.45, 7) is 2.06. The maximum absolute atomic E-state index is 13.4. The molecule has 0 saturated carbocycles.